The van der Waals surface area contributed by atoms with Gasteiger partial charge in [0.05, 0.1) is 12.6 Å². The number of aliphatic hydroxyl groups excluding tert-OH is 1. The summed E-state index contributed by atoms with van der Waals surface area (Å²) in [5.74, 6) is -6.89. The Morgan fingerprint density at radius 3 is 1.95 bits per heavy atom. The van der Waals surface area contributed by atoms with Crippen molar-refractivity contribution in [3.05, 3.63) is 29.8 Å². The number of carbonyl (C=O) groups excluding carboxylic acids is 6. The standard InChI is InChI=1S/C25H37N7O10S/c1-12(33)21(25(42)30-15(6-7-18(27)35)22(39)28-10-20(37)38)32-24(41)17(11-43)31-23(40)16(29-19(36)9-26)8-13-2-4-14(34)5-3-13/h2-5,12,15-17,21,33-34,43H,6-11,26H2,1H3,(H2,27,35)(H,28,39)(H,29,36)(H,30,42)(H,31,40)(H,32,41)(H,37,38)/t12-,15+,16+,17+,21+/m1/s1. The predicted octanol–water partition coefficient (Wildman–Crippen LogP) is -4.39. The van der Waals surface area contributed by atoms with Crippen molar-refractivity contribution in [2.45, 2.75) is 56.5 Å². The second-order valence-corrected chi connectivity index (χ2v) is 9.71. The Bertz CT molecular complexity index is 1170. The van der Waals surface area contributed by atoms with Crippen LogP contribution < -0.4 is 38.1 Å². The number of phenolic OH excluding ortho intramolecular Hbond substituents is 1. The van der Waals surface area contributed by atoms with Gasteiger partial charge in [-0.2, -0.15) is 12.6 Å². The van der Waals surface area contributed by atoms with E-state index in [1.807, 2.05) is 0 Å². The minimum Gasteiger partial charge on any atom is -0.508 e. The average Bonchev–Trinajstić information content (AvgIpc) is 2.95. The number of rotatable bonds is 18. The van der Waals surface area contributed by atoms with E-state index in [0.29, 0.717) is 5.56 Å². The van der Waals surface area contributed by atoms with E-state index in [1.165, 1.54) is 24.3 Å². The monoisotopic (exact) mass is 627 g/mol. The fraction of sp³-hybridized carbons (Fsp3) is 0.480. The second kappa shape index (κ2) is 18.2. The maximum absolute atomic E-state index is 13.1. The van der Waals surface area contributed by atoms with Crippen LogP contribution in [-0.4, -0.2) is 106 Å². The number of aliphatic hydroxyl groups is 1. The van der Waals surface area contributed by atoms with Crippen molar-refractivity contribution >= 4 is 54.0 Å². The number of thiol groups is 1. The van der Waals surface area contributed by atoms with Crippen LogP contribution in [0.4, 0.5) is 0 Å². The van der Waals surface area contributed by atoms with Gasteiger partial charge in [0.15, 0.2) is 0 Å². The van der Waals surface area contributed by atoms with E-state index < -0.39 is 84.8 Å². The summed E-state index contributed by atoms with van der Waals surface area (Å²) in [6.07, 6.45) is -2.21. The van der Waals surface area contributed by atoms with E-state index in [1.54, 1.807) is 0 Å². The van der Waals surface area contributed by atoms with E-state index in [0.717, 1.165) is 6.92 Å². The largest absolute Gasteiger partial charge is 0.508 e. The first kappa shape index (κ1) is 36.6. The van der Waals surface area contributed by atoms with Gasteiger partial charge in [-0.3, -0.25) is 33.6 Å². The lowest BCUT2D eigenvalue weighted by molar-refractivity contribution is -0.139. The number of aliphatic carboxylic acids is 1. The average molecular weight is 628 g/mol. The van der Waals surface area contributed by atoms with Crippen LogP contribution in [0.2, 0.25) is 0 Å². The Balaban J connectivity index is 3.04. The summed E-state index contributed by atoms with van der Waals surface area (Å²) >= 11 is 4.07. The number of primary amides is 1. The third-order valence-corrected chi connectivity index (χ3v) is 6.18. The molecule has 18 heteroatoms. The van der Waals surface area contributed by atoms with Crippen LogP contribution in [0.1, 0.15) is 25.3 Å². The van der Waals surface area contributed by atoms with E-state index in [2.05, 4.69) is 39.2 Å². The number of nitrogens with two attached hydrogens (primary N) is 2. The van der Waals surface area contributed by atoms with Gasteiger partial charge in [0, 0.05) is 18.6 Å². The highest BCUT2D eigenvalue weighted by Gasteiger charge is 2.33. The lowest BCUT2D eigenvalue weighted by atomic mass is 10.0. The number of amides is 6. The molecule has 0 bridgehead atoms. The molecule has 12 N–H and O–H groups in total. The molecule has 0 aliphatic carbocycles. The summed E-state index contributed by atoms with van der Waals surface area (Å²) in [6, 6.07) is 0.149. The number of nitrogens with one attached hydrogen (secondary N) is 5. The fourth-order valence-electron chi connectivity index (χ4n) is 3.56. The summed E-state index contributed by atoms with van der Waals surface area (Å²) in [5, 5.41) is 39.9. The van der Waals surface area contributed by atoms with Crippen LogP contribution in [-0.2, 0) is 40.0 Å². The lowest BCUT2D eigenvalue weighted by Gasteiger charge is -2.27. The Morgan fingerprint density at radius 2 is 1.44 bits per heavy atom. The second-order valence-electron chi connectivity index (χ2n) is 9.34. The number of aromatic hydroxyl groups is 1. The van der Waals surface area contributed by atoms with Gasteiger partial charge in [0.25, 0.3) is 0 Å². The molecule has 0 aromatic heterocycles. The van der Waals surface area contributed by atoms with Crippen molar-refractivity contribution < 1.29 is 48.9 Å². The molecule has 0 unspecified atom stereocenters. The maximum Gasteiger partial charge on any atom is 0.322 e. The van der Waals surface area contributed by atoms with Crippen molar-refractivity contribution in [1.82, 2.24) is 26.6 Å². The summed E-state index contributed by atoms with van der Waals surface area (Å²) in [7, 11) is 0. The topological polar surface area (TPSA) is 292 Å². The smallest absolute Gasteiger partial charge is 0.322 e. The first-order valence-electron chi connectivity index (χ1n) is 12.9. The molecule has 1 aromatic rings. The zero-order chi connectivity index (χ0) is 32.7. The molecule has 6 amide bonds. The Kier molecular flexibility index (Phi) is 15.5. The summed E-state index contributed by atoms with van der Waals surface area (Å²) in [5.41, 5.74) is 11.0. The number of benzene rings is 1. The first-order chi connectivity index (χ1) is 20.2. The minimum atomic E-state index is -1.67. The zero-order valence-electron chi connectivity index (χ0n) is 23.2. The van der Waals surface area contributed by atoms with Crippen LogP contribution >= 0.6 is 12.6 Å². The van der Waals surface area contributed by atoms with Crippen molar-refractivity contribution in [2.24, 2.45) is 11.5 Å². The summed E-state index contributed by atoms with van der Waals surface area (Å²) < 4.78 is 0. The van der Waals surface area contributed by atoms with E-state index >= 15 is 0 Å². The molecule has 1 aromatic carbocycles. The molecule has 0 aliphatic heterocycles. The SMILES string of the molecule is C[C@@H](O)[C@H](NC(=O)[C@H](CS)NC(=O)[C@H](Cc1ccc(O)cc1)NC(=O)CN)C(=O)N[C@@H](CCC(N)=O)C(=O)NCC(=O)O. The van der Waals surface area contributed by atoms with Gasteiger partial charge in [-0.1, -0.05) is 12.1 Å². The predicted molar refractivity (Wildman–Crippen MR) is 153 cm³/mol. The molecule has 0 saturated carbocycles. The van der Waals surface area contributed by atoms with E-state index in [4.69, 9.17) is 16.6 Å². The molecule has 0 heterocycles. The lowest BCUT2D eigenvalue weighted by Crippen LogP contribution is -2.61. The minimum absolute atomic E-state index is 0.0145. The molecule has 5 atom stereocenters. The number of phenols is 1. The molecule has 0 aliphatic rings. The number of carbonyl (C=O) groups is 7. The zero-order valence-corrected chi connectivity index (χ0v) is 24.1. The summed E-state index contributed by atoms with van der Waals surface area (Å²) in [6.45, 7) is -0.0331. The highest BCUT2D eigenvalue weighted by molar-refractivity contribution is 7.80. The highest BCUT2D eigenvalue weighted by Crippen LogP contribution is 2.12. The fourth-order valence-corrected chi connectivity index (χ4v) is 3.82. The quantitative estimate of drug-likeness (QED) is 0.0691. The number of hydrogen-bond donors (Lipinski definition) is 11. The van der Waals surface area contributed by atoms with Crippen molar-refractivity contribution in [2.75, 3.05) is 18.8 Å². The molecular weight excluding hydrogens is 590 g/mol. The summed E-state index contributed by atoms with van der Waals surface area (Å²) in [4.78, 5) is 85.4. The molecular formula is C25H37N7O10S. The Morgan fingerprint density at radius 1 is 0.860 bits per heavy atom. The molecule has 43 heavy (non-hydrogen) atoms. The molecule has 0 saturated heterocycles. The van der Waals surface area contributed by atoms with Crippen LogP contribution in [0.15, 0.2) is 24.3 Å². The van der Waals surface area contributed by atoms with E-state index in [-0.39, 0.29) is 30.8 Å². The van der Waals surface area contributed by atoms with E-state index in [9.17, 15) is 43.8 Å². The molecule has 0 fully saturated rings. The normalized spacial score (nSPS) is 14.1. The van der Waals surface area contributed by atoms with Gasteiger partial charge in [0.2, 0.25) is 35.4 Å². The van der Waals surface area contributed by atoms with Gasteiger partial charge < -0.3 is 53.4 Å². The van der Waals surface area contributed by atoms with Crippen LogP contribution in [0.5, 0.6) is 5.75 Å². The van der Waals surface area contributed by atoms with Crippen molar-refractivity contribution in [3.8, 4) is 5.75 Å². The van der Waals surface area contributed by atoms with Crippen LogP contribution in [0, 0.1) is 0 Å². The number of carboxylic acids is 1. The molecule has 17 nitrogen and oxygen atoms in total. The molecule has 0 spiro atoms. The Labute approximate surface area is 251 Å². The highest BCUT2D eigenvalue weighted by atomic mass is 32.1. The van der Waals surface area contributed by atoms with Crippen molar-refractivity contribution in [1.29, 1.82) is 0 Å². The third-order valence-electron chi connectivity index (χ3n) is 5.82. The molecule has 1 rings (SSSR count). The van der Waals surface area contributed by atoms with Gasteiger partial charge >= 0.3 is 5.97 Å². The van der Waals surface area contributed by atoms with Gasteiger partial charge in [0.1, 0.15) is 36.5 Å². The first-order valence-corrected chi connectivity index (χ1v) is 13.6. The molecule has 0 radical (unpaired) electrons. The Hall–Kier alpha value is -4.42. The van der Waals surface area contributed by atoms with Gasteiger partial charge in [-0.25, -0.2) is 0 Å². The maximum atomic E-state index is 13.1. The van der Waals surface area contributed by atoms with Crippen LogP contribution in [0.3, 0.4) is 0 Å². The van der Waals surface area contributed by atoms with Crippen molar-refractivity contribution in [3.63, 3.8) is 0 Å². The van der Waals surface area contributed by atoms with Gasteiger partial charge in [-0.15, -0.1) is 0 Å². The number of carboxylic acid groups (broad SMARTS) is 1. The number of hydrogen-bond acceptors (Lipinski definition) is 11. The third kappa shape index (κ3) is 13.4. The molecule has 238 valence electrons. The van der Waals surface area contributed by atoms with Crippen LogP contribution in [0.25, 0.3) is 0 Å². The van der Waals surface area contributed by atoms with Gasteiger partial charge in [-0.05, 0) is 31.0 Å².